The second-order valence-electron chi connectivity index (χ2n) is 5.28. The van der Waals surface area contributed by atoms with Crippen molar-refractivity contribution in [3.63, 3.8) is 0 Å². The Bertz CT molecular complexity index is 628. The smallest absolute Gasteiger partial charge is 0.330 e. The van der Waals surface area contributed by atoms with E-state index in [1.54, 1.807) is 0 Å². The van der Waals surface area contributed by atoms with E-state index in [-0.39, 0.29) is 17.2 Å². The van der Waals surface area contributed by atoms with Crippen molar-refractivity contribution < 1.29 is 19.3 Å². The van der Waals surface area contributed by atoms with Crippen LogP contribution in [0.25, 0.3) is 0 Å². The lowest BCUT2D eigenvalue weighted by Crippen LogP contribution is -2.39. The van der Waals surface area contributed by atoms with Crippen LogP contribution in [0.5, 0.6) is 0 Å². The number of aromatic nitrogens is 2. The molecule has 9 heteroatoms. The molecule has 0 saturated carbocycles. The van der Waals surface area contributed by atoms with Crippen LogP contribution < -0.4 is 11.2 Å². The van der Waals surface area contributed by atoms with Crippen LogP contribution in [0.15, 0.2) is 20.3 Å². The molecule has 1 aliphatic heterocycles. The number of aliphatic hydroxyl groups is 1. The van der Waals surface area contributed by atoms with Gasteiger partial charge in [0, 0.05) is 13.3 Å². The molecule has 0 radical (unpaired) electrons. The molecular formula is C13H19BrN2O6. The summed E-state index contributed by atoms with van der Waals surface area (Å²) in [5, 5.41) is 10.3. The Labute approximate surface area is 135 Å². The first kappa shape index (κ1) is 17.4. The predicted molar refractivity (Wildman–Crippen MR) is 80.8 cm³/mol. The molecule has 22 heavy (non-hydrogen) atoms. The number of methoxy groups -OCH3 is 1. The number of hydrogen-bond acceptors (Lipinski definition) is 6. The van der Waals surface area contributed by atoms with Crippen molar-refractivity contribution in [3.05, 3.63) is 31.5 Å². The van der Waals surface area contributed by atoms with Crippen molar-refractivity contribution in [1.29, 1.82) is 0 Å². The molecule has 2 unspecified atom stereocenters. The second-order valence-corrected chi connectivity index (χ2v) is 6.14. The summed E-state index contributed by atoms with van der Waals surface area (Å²) in [5.41, 5.74) is -1.21. The Morgan fingerprint density at radius 3 is 2.77 bits per heavy atom. The van der Waals surface area contributed by atoms with E-state index in [9.17, 15) is 14.7 Å². The van der Waals surface area contributed by atoms with Crippen LogP contribution in [0.2, 0.25) is 0 Å². The Morgan fingerprint density at radius 2 is 2.18 bits per heavy atom. The molecule has 0 aromatic carbocycles. The Kier molecular flexibility index (Phi) is 5.56. The molecule has 0 spiro atoms. The number of aliphatic hydroxyl groups excluding tert-OH is 1. The molecule has 0 aliphatic carbocycles. The minimum atomic E-state index is -1.07. The third kappa shape index (κ3) is 3.49. The summed E-state index contributed by atoms with van der Waals surface area (Å²) in [6.07, 6.45) is -1.91. The average Bonchev–Trinajstić information content (AvgIpc) is 2.76. The molecule has 4 atom stereocenters. The van der Waals surface area contributed by atoms with Gasteiger partial charge in [0.15, 0.2) is 6.23 Å². The monoisotopic (exact) mass is 378 g/mol. The predicted octanol–water partition coefficient (Wildman–Crippen LogP) is -0.00260. The molecular weight excluding hydrogens is 360 g/mol. The number of nitrogens with one attached hydrogen (secondary N) is 1. The quantitative estimate of drug-likeness (QED) is 0.747. The molecule has 124 valence electrons. The summed E-state index contributed by atoms with van der Waals surface area (Å²) in [5.74, 6) is 0. The van der Waals surface area contributed by atoms with E-state index in [1.165, 1.54) is 13.3 Å². The minimum absolute atomic E-state index is 0.00208. The molecule has 2 N–H and O–H groups in total. The molecule has 1 saturated heterocycles. The maximum atomic E-state index is 11.9. The standard InChI is InChI=1S/C13H19BrN2O6/c1-6(2)21-5-8-10(20-3)9(17)12(22-8)16-4-7(14)11(18)15-13(16)19/h4,6,8-10,12,17H,5H2,1-3H3,(H,15,18,19)/t8-,9?,10?,12-/m1/s1. The Balaban J connectivity index is 2.27. The zero-order chi connectivity index (χ0) is 16.4. The van der Waals surface area contributed by atoms with E-state index >= 15 is 0 Å². The van der Waals surface area contributed by atoms with Crippen LogP contribution >= 0.6 is 15.9 Å². The van der Waals surface area contributed by atoms with Crippen LogP contribution in [0.1, 0.15) is 20.1 Å². The first-order valence-electron chi connectivity index (χ1n) is 6.84. The molecule has 8 nitrogen and oxygen atoms in total. The molecule has 1 aliphatic rings. The van der Waals surface area contributed by atoms with Crippen LogP contribution in [0.3, 0.4) is 0 Å². The summed E-state index contributed by atoms with van der Waals surface area (Å²) in [4.78, 5) is 25.4. The molecule has 0 amide bonds. The highest BCUT2D eigenvalue weighted by molar-refractivity contribution is 9.10. The van der Waals surface area contributed by atoms with E-state index in [0.717, 1.165) is 4.57 Å². The zero-order valence-corrected chi connectivity index (χ0v) is 14.1. The molecule has 2 rings (SSSR count). The van der Waals surface area contributed by atoms with Gasteiger partial charge < -0.3 is 19.3 Å². The molecule has 1 fully saturated rings. The largest absolute Gasteiger partial charge is 0.386 e. The number of H-pyrrole nitrogens is 1. The number of aromatic amines is 1. The van der Waals surface area contributed by atoms with E-state index < -0.39 is 35.8 Å². The average molecular weight is 379 g/mol. The number of hydrogen-bond donors (Lipinski definition) is 2. The lowest BCUT2D eigenvalue weighted by atomic mass is 10.1. The number of nitrogens with zero attached hydrogens (tertiary/aromatic N) is 1. The first-order valence-corrected chi connectivity index (χ1v) is 7.63. The van der Waals surface area contributed by atoms with Gasteiger partial charge in [-0.2, -0.15) is 0 Å². The number of ether oxygens (including phenoxy) is 3. The van der Waals surface area contributed by atoms with Crippen molar-refractivity contribution in [3.8, 4) is 0 Å². The summed E-state index contributed by atoms with van der Waals surface area (Å²) < 4.78 is 17.8. The highest BCUT2D eigenvalue weighted by Crippen LogP contribution is 2.30. The van der Waals surface area contributed by atoms with Gasteiger partial charge in [-0.1, -0.05) is 0 Å². The molecule has 1 aromatic rings. The van der Waals surface area contributed by atoms with Crippen LogP contribution in [-0.4, -0.2) is 52.8 Å². The van der Waals surface area contributed by atoms with Gasteiger partial charge in [-0.15, -0.1) is 0 Å². The maximum Gasteiger partial charge on any atom is 0.330 e. The van der Waals surface area contributed by atoms with Crippen molar-refractivity contribution in [2.24, 2.45) is 0 Å². The Hall–Kier alpha value is -1.00. The van der Waals surface area contributed by atoms with Crippen LogP contribution in [0, 0.1) is 0 Å². The second kappa shape index (κ2) is 7.05. The maximum absolute atomic E-state index is 11.9. The van der Waals surface area contributed by atoms with Crippen molar-refractivity contribution in [1.82, 2.24) is 9.55 Å². The number of rotatable bonds is 5. The third-order valence-corrected chi connectivity index (χ3v) is 3.94. The van der Waals surface area contributed by atoms with Gasteiger partial charge in [0.2, 0.25) is 0 Å². The summed E-state index contributed by atoms with van der Waals surface area (Å²) in [7, 11) is 1.45. The zero-order valence-electron chi connectivity index (χ0n) is 12.5. The van der Waals surface area contributed by atoms with Crippen molar-refractivity contribution >= 4 is 15.9 Å². The number of halogens is 1. The highest BCUT2D eigenvalue weighted by atomic mass is 79.9. The van der Waals surface area contributed by atoms with Gasteiger partial charge in [-0.05, 0) is 29.8 Å². The van der Waals surface area contributed by atoms with Gasteiger partial charge in [0.1, 0.15) is 18.3 Å². The first-order chi connectivity index (χ1) is 10.3. The fraction of sp³-hybridized carbons (Fsp3) is 0.692. The van der Waals surface area contributed by atoms with Crippen molar-refractivity contribution in [2.45, 2.75) is 44.5 Å². The normalized spacial score (nSPS) is 28.5. The van der Waals surface area contributed by atoms with Gasteiger partial charge in [0.25, 0.3) is 5.56 Å². The summed E-state index contributed by atoms with van der Waals surface area (Å²) in [6.45, 7) is 3.99. The van der Waals surface area contributed by atoms with Gasteiger partial charge in [-0.25, -0.2) is 4.79 Å². The topological polar surface area (TPSA) is 103 Å². The molecule has 1 aromatic heterocycles. The van der Waals surface area contributed by atoms with Gasteiger partial charge >= 0.3 is 5.69 Å². The van der Waals surface area contributed by atoms with Crippen LogP contribution in [0.4, 0.5) is 0 Å². The fourth-order valence-corrected chi connectivity index (χ4v) is 2.63. The van der Waals surface area contributed by atoms with E-state index in [4.69, 9.17) is 14.2 Å². The van der Waals surface area contributed by atoms with Crippen molar-refractivity contribution in [2.75, 3.05) is 13.7 Å². The fourth-order valence-electron chi connectivity index (χ4n) is 2.31. The lowest BCUT2D eigenvalue weighted by Gasteiger charge is -2.19. The Morgan fingerprint density at radius 1 is 1.50 bits per heavy atom. The molecule has 0 bridgehead atoms. The SMILES string of the molecule is COC1C(O)[C@H](n2cc(Br)c(=O)[nH]c2=O)O[C@@H]1COC(C)C. The summed E-state index contributed by atoms with van der Waals surface area (Å²) >= 11 is 3.05. The van der Waals surface area contributed by atoms with E-state index in [2.05, 4.69) is 20.9 Å². The minimum Gasteiger partial charge on any atom is -0.386 e. The highest BCUT2D eigenvalue weighted by Gasteiger charge is 2.45. The van der Waals surface area contributed by atoms with E-state index in [0.29, 0.717) is 0 Å². The molecule has 2 heterocycles. The van der Waals surface area contributed by atoms with E-state index in [1.807, 2.05) is 13.8 Å². The van der Waals surface area contributed by atoms with Gasteiger partial charge in [0.05, 0.1) is 17.2 Å². The lowest BCUT2D eigenvalue weighted by molar-refractivity contribution is -0.0815. The van der Waals surface area contributed by atoms with Crippen LogP contribution in [-0.2, 0) is 14.2 Å². The van der Waals surface area contributed by atoms with Gasteiger partial charge in [-0.3, -0.25) is 14.3 Å². The third-order valence-electron chi connectivity index (χ3n) is 3.37. The summed E-state index contributed by atoms with van der Waals surface area (Å²) in [6, 6.07) is 0.